The molecule has 2 amide bonds. The molecule has 0 aliphatic carbocycles. The van der Waals surface area contributed by atoms with Crippen molar-refractivity contribution in [3.8, 4) is 6.07 Å². The molecule has 8 heteroatoms. The summed E-state index contributed by atoms with van der Waals surface area (Å²) in [5.41, 5.74) is 0.777. The lowest BCUT2D eigenvalue weighted by Gasteiger charge is -2.28. The lowest BCUT2D eigenvalue weighted by Crippen LogP contribution is -2.39. The molecule has 1 aromatic carbocycles. The first-order valence-electron chi connectivity index (χ1n) is 8.52. The van der Waals surface area contributed by atoms with Crippen LogP contribution in [0.5, 0.6) is 0 Å². The number of amides is 2. The zero-order valence-electron chi connectivity index (χ0n) is 15.2. The number of hydrogen-bond acceptors (Lipinski definition) is 4. The molecule has 2 aliphatic heterocycles. The third-order valence-electron chi connectivity index (χ3n) is 4.51. The Kier molecular flexibility index (Phi) is 5.27. The fourth-order valence-electron chi connectivity index (χ4n) is 3.08. The number of fused-ring (bicyclic) bond motifs is 1. The molecule has 3 rings (SSSR count). The van der Waals surface area contributed by atoms with Crippen LogP contribution >= 0.6 is 0 Å². The van der Waals surface area contributed by atoms with Gasteiger partial charge in [0.05, 0.1) is 29.7 Å². The maximum absolute atomic E-state index is 14.8. The molecule has 1 aromatic rings. The van der Waals surface area contributed by atoms with Gasteiger partial charge >= 0.3 is 0 Å². The Morgan fingerprint density at radius 2 is 2.14 bits per heavy atom. The molecule has 1 radical (unpaired) electrons. The van der Waals surface area contributed by atoms with Gasteiger partial charge in [0.1, 0.15) is 17.7 Å². The lowest BCUT2D eigenvalue weighted by molar-refractivity contribution is -0.123. The Labute approximate surface area is 163 Å². The summed E-state index contributed by atoms with van der Waals surface area (Å²) in [6, 6.07) is 5.35. The summed E-state index contributed by atoms with van der Waals surface area (Å²) in [7, 11) is 0. The highest BCUT2D eigenvalue weighted by Gasteiger charge is 2.35. The van der Waals surface area contributed by atoms with Gasteiger partial charge in [-0.1, -0.05) is 6.07 Å². The molecular formula is C20H21F2N4O2. The second-order valence-corrected chi connectivity index (χ2v) is 6.45. The van der Waals surface area contributed by atoms with Gasteiger partial charge in [-0.3, -0.25) is 9.59 Å². The summed E-state index contributed by atoms with van der Waals surface area (Å²) >= 11 is 0. The lowest BCUT2D eigenvalue weighted by atomic mass is 9.92. The smallest absolute Gasteiger partial charge is 0.251 e. The monoisotopic (exact) mass is 387 g/mol. The Morgan fingerprint density at radius 1 is 1.39 bits per heavy atom. The van der Waals surface area contributed by atoms with E-state index in [0.717, 1.165) is 6.07 Å². The van der Waals surface area contributed by atoms with Crippen LogP contribution in [-0.4, -0.2) is 11.8 Å². The Bertz CT molecular complexity index is 999. The number of halogens is 2. The fourth-order valence-corrected chi connectivity index (χ4v) is 3.08. The number of allylic oxidation sites excluding steroid dienone is 1. The molecule has 147 valence electrons. The van der Waals surface area contributed by atoms with E-state index in [-0.39, 0.29) is 25.1 Å². The molecular weight excluding hydrogens is 366 g/mol. The molecule has 3 N–H and O–H groups in total. The van der Waals surface area contributed by atoms with E-state index in [4.69, 9.17) is 5.26 Å². The largest absolute Gasteiger partial charge is 0.365 e. The molecule has 0 aromatic heterocycles. The van der Waals surface area contributed by atoms with E-state index in [0.29, 0.717) is 11.7 Å². The standard InChI is InChI=1S/C20H17F2N4O2.2H2/c1-10(13-4-3-12(9-23)7-15(13)21)25-17(27)8-14-19(22)18-11(2)24-6-5-16(18)26-20(14)28;;/h3-7,10,24H,8H2,1-2H3,(H,25,27)(H,26,28);2*1H/t10-;;/m1../s1. The quantitative estimate of drug-likeness (QED) is 0.740. The van der Waals surface area contributed by atoms with Gasteiger partial charge in [-0.05, 0) is 38.3 Å². The van der Waals surface area contributed by atoms with Gasteiger partial charge in [-0.15, -0.1) is 0 Å². The second-order valence-electron chi connectivity index (χ2n) is 6.45. The van der Waals surface area contributed by atoms with Gasteiger partial charge in [-0.2, -0.15) is 5.26 Å². The summed E-state index contributed by atoms with van der Waals surface area (Å²) < 4.78 is 28.9. The van der Waals surface area contributed by atoms with Crippen LogP contribution in [0, 0.1) is 23.2 Å². The first kappa shape index (κ1) is 19.3. The molecule has 0 fully saturated rings. The SMILES string of the molecule is CC1=C2[C](C=CN1)NC(=O)C(CC(=O)N[C@H](C)c1ccc(C#N)cc1F)=C2F.[HH].[HH]. The number of hydrogen-bond donors (Lipinski definition) is 3. The first-order valence-corrected chi connectivity index (χ1v) is 8.52. The van der Waals surface area contributed by atoms with Crippen molar-refractivity contribution in [2.24, 2.45) is 0 Å². The van der Waals surface area contributed by atoms with Gasteiger partial charge < -0.3 is 16.0 Å². The molecule has 0 saturated carbocycles. The predicted molar refractivity (Wildman–Crippen MR) is 101 cm³/mol. The minimum absolute atomic E-state index is 0. The molecule has 6 nitrogen and oxygen atoms in total. The molecule has 0 saturated heterocycles. The Morgan fingerprint density at radius 3 is 2.82 bits per heavy atom. The zero-order valence-corrected chi connectivity index (χ0v) is 15.2. The third kappa shape index (κ3) is 3.64. The Hall–Kier alpha value is -3.47. The normalized spacial score (nSPS) is 17.5. The summed E-state index contributed by atoms with van der Waals surface area (Å²) in [5, 5.41) is 16.8. The number of nitriles is 1. The van der Waals surface area contributed by atoms with E-state index in [1.807, 2.05) is 6.07 Å². The number of nitrogens with one attached hydrogen (secondary N) is 3. The van der Waals surface area contributed by atoms with Crippen LogP contribution in [0.3, 0.4) is 0 Å². The van der Waals surface area contributed by atoms with Crippen LogP contribution in [0.2, 0.25) is 0 Å². The summed E-state index contributed by atoms with van der Waals surface area (Å²) in [4.78, 5) is 24.5. The molecule has 0 unspecified atom stereocenters. The van der Waals surface area contributed by atoms with Gasteiger partial charge in [0, 0.05) is 19.7 Å². The first-order chi connectivity index (χ1) is 13.3. The van der Waals surface area contributed by atoms with Crippen LogP contribution in [-0.2, 0) is 9.59 Å². The van der Waals surface area contributed by atoms with Gasteiger partial charge in [0.2, 0.25) is 5.91 Å². The number of benzene rings is 1. The van der Waals surface area contributed by atoms with E-state index in [1.54, 1.807) is 20.0 Å². The molecule has 0 spiro atoms. The summed E-state index contributed by atoms with van der Waals surface area (Å²) in [6.45, 7) is 3.21. The topological polar surface area (TPSA) is 94.0 Å². The van der Waals surface area contributed by atoms with Gasteiger partial charge in [0.25, 0.3) is 5.91 Å². The van der Waals surface area contributed by atoms with Crippen molar-refractivity contribution in [3.63, 3.8) is 0 Å². The van der Waals surface area contributed by atoms with E-state index in [9.17, 15) is 18.4 Å². The number of carbonyl (C=O) groups excluding carboxylic acids is 2. The van der Waals surface area contributed by atoms with E-state index >= 15 is 0 Å². The predicted octanol–water partition coefficient (Wildman–Crippen LogP) is 3.03. The van der Waals surface area contributed by atoms with E-state index in [2.05, 4.69) is 16.0 Å². The maximum atomic E-state index is 14.8. The molecule has 0 bridgehead atoms. The van der Waals surface area contributed by atoms with Crippen LogP contribution in [0.25, 0.3) is 0 Å². The minimum Gasteiger partial charge on any atom is -0.365 e. The summed E-state index contributed by atoms with van der Waals surface area (Å²) in [5.74, 6) is -2.71. The minimum atomic E-state index is -0.763. The average Bonchev–Trinajstić information content (AvgIpc) is 2.64. The highest BCUT2D eigenvalue weighted by Crippen LogP contribution is 2.34. The van der Waals surface area contributed by atoms with Crippen LogP contribution < -0.4 is 16.0 Å². The van der Waals surface area contributed by atoms with Gasteiger partial charge in [0.15, 0.2) is 0 Å². The maximum Gasteiger partial charge on any atom is 0.251 e. The molecule has 28 heavy (non-hydrogen) atoms. The van der Waals surface area contributed by atoms with Crippen molar-refractivity contribution >= 4 is 11.8 Å². The molecule has 2 heterocycles. The highest BCUT2D eigenvalue weighted by atomic mass is 19.1. The second kappa shape index (κ2) is 7.64. The molecule has 2 aliphatic rings. The zero-order chi connectivity index (χ0) is 20.4. The van der Waals surface area contributed by atoms with Crippen molar-refractivity contribution in [1.29, 1.82) is 5.26 Å². The third-order valence-corrected chi connectivity index (χ3v) is 4.51. The van der Waals surface area contributed by atoms with Gasteiger partial charge in [-0.25, -0.2) is 8.78 Å². The van der Waals surface area contributed by atoms with Crippen LogP contribution in [0.4, 0.5) is 8.78 Å². The van der Waals surface area contributed by atoms with Crippen LogP contribution in [0.15, 0.2) is 53.1 Å². The average molecular weight is 387 g/mol. The number of carbonyl (C=O) groups is 2. The highest BCUT2D eigenvalue weighted by molar-refractivity contribution is 6.02. The van der Waals surface area contributed by atoms with Crippen molar-refractivity contribution in [2.45, 2.75) is 26.3 Å². The Balaban J connectivity index is 0.00000225. The van der Waals surface area contributed by atoms with Crippen molar-refractivity contribution in [2.75, 3.05) is 0 Å². The number of nitrogens with zero attached hydrogens (tertiary/aromatic N) is 1. The number of dihydropyridines is 1. The van der Waals surface area contributed by atoms with E-state index < -0.39 is 35.9 Å². The summed E-state index contributed by atoms with van der Waals surface area (Å²) in [6.07, 6.45) is 2.62. The van der Waals surface area contributed by atoms with Crippen molar-refractivity contribution < 1.29 is 21.2 Å². The van der Waals surface area contributed by atoms with E-state index in [1.165, 1.54) is 18.2 Å². The molecule has 1 atom stereocenters. The van der Waals surface area contributed by atoms with Crippen molar-refractivity contribution in [1.82, 2.24) is 16.0 Å². The van der Waals surface area contributed by atoms with Crippen molar-refractivity contribution in [3.05, 3.63) is 76.1 Å². The fraction of sp³-hybridized carbons (Fsp3) is 0.200. The number of rotatable bonds is 4. The van der Waals surface area contributed by atoms with Crippen LogP contribution in [0.1, 0.15) is 40.3 Å².